The maximum Gasteiger partial charge on any atom is 0.119 e. The van der Waals surface area contributed by atoms with Crippen LogP contribution in [-0.2, 0) is 0 Å². The van der Waals surface area contributed by atoms with Gasteiger partial charge >= 0.3 is 0 Å². The van der Waals surface area contributed by atoms with Crippen molar-refractivity contribution >= 4 is 0 Å². The van der Waals surface area contributed by atoms with Crippen molar-refractivity contribution in [2.24, 2.45) is 0 Å². The number of hydrogen-bond donors (Lipinski definition) is 0. The van der Waals surface area contributed by atoms with Crippen molar-refractivity contribution in [1.82, 2.24) is 4.57 Å². The molecule has 2 rings (SSSR count). The third-order valence-corrected chi connectivity index (χ3v) is 3.08. The molecular formula is C16H21NO. The van der Waals surface area contributed by atoms with Crippen LogP contribution < -0.4 is 4.74 Å². The van der Waals surface area contributed by atoms with Crippen molar-refractivity contribution in [3.05, 3.63) is 42.1 Å². The Labute approximate surface area is 109 Å². The Morgan fingerprint density at radius 2 is 1.94 bits per heavy atom. The highest BCUT2D eigenvalue weighted by molar-refractivity contribution is 5.63. The van der Waals surface area contributed by atoms with E-state index in [0.29, 0.717) is 12.6 Å². The summed E-state index contributed by atoms with van der Waals surface area (Å²) in [7, 11) is 0. The van der Waals surface area contributed by atoms with Crippen LogP contribution in [-0.4, -0.2) is 11.2 Å². The van der Waals surface area contributed by atoms with Crippen LogP contribution in [0.4, 0.5) is 0 Å². The summed E-state index contributed by atoms with van der Waals surface area (Å²) >= 11 is 0. The molecule has 0 saturated carbocycles. The summed E-state index contributed by atoms with van der Waals surface area (Å²) in [5.41, 5.74) is 3.76. The summed E-state index contributed by atoms with van der Waals surface area (Å²) in [6.07, 6.45) is 0. The molecule has 2 nitrogen and oxygen atoms in total. The van der Waals surface area contributed by atoms with Gasteiger partial charge in [0.05, 0.1) is 6.61 Å². The lowest BCUT2D eigenvalue weighted by Crippen LogP contribution is -2.04. The topological polar surface area (TPSA) is 14.2 Å². The Morgan fingerprint density at radius 3 is 2.61 bits per heavy atom. The second-order valence-corrected chi connectivity index (χ2v) is 4.78. The lowest BCUT2D eigenvalue weighted by atomic mass is 10.1. The molecule has 1 aromatic heterocycles. The molecule has 96 valence electrons. The van der Waals surface area contributed by atoms with Gasteiger partial charge in [-0.25, -0.2) is 0 Å². The van der Waals surface area contributed by atoms with Gasteiger partial charge in [0.15, 0.2) is 0 Å². The van der Waals surface area contributed by atoms with Gasteiger partial charge in [0.1, 0.15) is 5.75 Å². The van der Waals surface area contributed by atoms with Crippen molar-refractivity contribution in [2.45, 2.75) is 33.7 Å². The molecule has 0 amide bonds. The zero-order chi connectivity index (χ0) is 13.1. The first-order chi connectivity index (χ1) is 8.63. The molecule has 0 bridgehead atoms. The summed E-state index contributed by atoms with van der Waals surface area (Å²) < 4.78 is 7.92. The van der Waals surface area contributed by atoms with Crippen LogP contribution in [0.25, 0.3) is 11.3 Å². The summed E-state index contributed by atoms with van der Waals surface area (Å²) in [5.74, 6) is 0.934. The van der Waals surface area contributed by atoms with Gasteiger partial charge in [0.2, 0.25) is 0 Å². The fourth-order valence-corrected chi connectivity index (χ4v) is 2.38. The molecule has 1 heterocycles. The van der Waals surface area contributed by atoms with Crippen LogP contribution in [0, 0.1) is 6.92 Å². The summed E-state index contributed by atoms with van der Waals surface area (Å²) in [4.78, 5) is 0. The van der Waals surface area contributed by atoms with Gasteiger partial charge in [0.25, 0.3) is 0 Å². The number of aromatic nitrogens is 1. The smallest absolute Gasteiger partial charge is 0.119 e. The standard InChI is InChI=1S/C16H21NO/c1-5-18-15-8-6-7-14(11-15)16-10-9-13(4)17(16)12(2)3/h6-12H,5H2,1-4H3. The number of benzene rings is 1. The fourth-order valence-electron chi connectivity index (χ4n) is 2.38. The monoisotopic (exact) mass is 243 g/mol. The zero-order valence-electron chi connectivity index (χ0n) is 11.6. The minimum atomic E-state index is 0.464. The molecule has 0 N–H and O–H groups in total. The molecule has 0 aliphatic carbocycles. The van der Waals surface area contributed by atoms with E-state index in [0.717, 1.165) is 5.75 Å². The first-order valence-corrected chi connectivity index (χ1v) is 6.54. The predicted octanol–water partition coefficient (Wildman–Crippen LogP) is 4.44. The average molecular weight is 243 g/mol. The van der Waals surface area contributed by atoms with Crippen LogP contribution in [0.3, 0.4) is 0 Å². The van der Waals surface area contributed by atoms with E-state index in [1.807, 2.05) is 19.1 Å². The molecule has 0 aliphatic heterocycles. The number of hydrogen-bond acceptors (Lipinski definition) is 1. The van der Waals surface area contributed by atoms with Gasteiger partial charge in [-0.1, -0.05) is 12.1 Å². The third kappa shape index (κ3) is 2.42. The number of aryl methyl sites for hydroxylation is 1. The summed E-state index contributed by atoms with van der Waals surface area (Å²) in [6.45, 7) is 9.28. The van der Waals surface area contributed by atoms with Gasteiger partial charge in [0, 0.05) is 23.0 Å². The van der Waals surface area contributed by atoms with Crippen molar-refractivity contribution in [2.75, 3.05) is 6.61 Å². The molecule has 0 unspecified atom stereocenters. The van der Waals surface area contributed by atoms with E-state index in [1.54, 1.807) is 0 Å². The maximum absolute atomic E-state index is 5.57. The first kappa shape index (κ1) is 12.7. The Morgan fingerprint density at radius 1 is 1.17 bits per heavy atom. The van der Waals surface area contributed by atoms with E-state index in [2.05, 4.69) is 49.6 Å². The van der Waals surface area contributed by atoms with Gasteiger partial charge in [-0.15, -0.1) is 0 Å². The molecular weight excluding hydrogens is 222 g/mol. The molecule has 0 saturated heterocycles. The van der Waals surface area contributed by atoms with Crippen LogP contribution in [0.2, 0.25) is 0 Å². The quantitative estimate of drug-likeness (QED) is 0.774. The van der Waals surface area contributed by atoms with Gasteiger partial charge < -0.3 is 9.30 Å². The molecule has 1 aromatic carbocycles. The second-order valence-electron chi connectivity index (χ2n) is 4.78. The van der Waals surface area contributed by atoms with E-state index in [4.69, 9.17) is 4.74 Å². The van der Waals surface area contributed by atoms with E-state index < -0.39 is 0 Å². The van der Waals surface area contributed by atoms with E-state index in [1.165, 1.54) is 17.0 Å². The molecule has 2 heteroatoms. The molecule has 0 radical (unpaired) electrons. The third-order valence-electron chi connectivity index (χ3n) is 3.08. The Bertz CT molecular complexity index is 526. The SMILES string of the molecule is CCOc1cccc(-c2ccc(C)n2C(C)C)c1. The largest absolute Gasteiger partial charge is 0.494 e. The van der Waals surface area contributed by atoms with Crippen LogP contribution in [0.15, 0.2) is 36.4 Å². The van der Waals surface area contributed by atoms with Crippen molar-refractivity contribution in [1.29, 1.82) is 0 Å². The lowest BCUT2D eigenvalue weighted by molar-refractivity contribution is 0.340. The summed E-state index contributed by atoms with van der Waals surface area (Å²) in [5, 5.41) is 0. The lowest BCUT2D eigenvalue weighted by Gasteiger charge is -2.16. The van der Waals surface area contributed by atoms with Gasteiger partial charge in [-0.05, 0) is 52.0 Å². The highest BCUT2D eigenvalue weighted by Gasteiger charge is 2.10. The van der Waals surface area contributed by atoms with Crippen molar-refractivity contribution in [3.63, 3.8) is 0 Å². The normalized spacial score (nSPS) is 10.9. The predicted molar refractivity (Wildman–Crippen MR) is 76.2 cm³/mol. The van der Waals surface area contributed by atoms with Crippen LogP contribution in [0.1, 0.15) is 32.5 Å². The average Bonchev–Trinajstić information content (AvgIpc) is 2.72. The van der Waals surface area contributed by atoms with Crippen LogP contribution in [0.5, 0.6) is 5.75 Å². The van der Waals surface area contributed by atoms with Crippen molar-refractivity contribution in [3.8, 4) is 17.0 Å². The van der Waals surface area contributed by atoms with E-state index in [-0.39, 0.29) is 0 Å². The minimum absolute atomic E-state index is 0.464. The molecule has 18 heavy (non-hydrogen) atoms. The second kappa shape index (κ2) is 5.30. The molecule has 0 spiro atoms. The van der Waals surface area contributed by atoms with Crippen molar-refractivity contribution < 1.29 is 4.74 Å². The molecule has 2 aromatic rings. The van der Waals surface area contributed by atoms with Gasteiger partial charge in [-0.2, -0.15) is 0 Å². The highest BCUT2D eigenvalue weighted by Crippen LogP contribution is 2.28. The first-order valence-electron chi connectivity index (χ1n) is 6.54. The minimum Gasteiger partial charge on any atom is -0.494 e. The van der Waals surface area contributed by atoms with E-state index >= 15 is 0 Å². The van der Waals surface area contributed by atoms with Crippen LogP contribution >= 0.6 is 0 Å². The number of rotatable bonds is 4. The van der Waals surface area contributed by atoms with Gasteiger partial charge in [-0.3, -0.25) is 0 Å². The Balaban J connectivity index is 2.45. The van der Waals surface area contributed by atoms with E-state index in [9.17, 15) is 0 Å². The Hall–Kier alpha value is -1.70. The Kier molecular flexibility index (Phi) is 3.75. The number of ether oxygens (including phenoxy) is 1. The maximum atomic E-state index is 5.57. The fraction of sp³-hybridized carbons (Fsp3) is 0.375. The molecule has 0 fully saturated rings. The molecule has 0 aliphatic rings. The zero-order valence-corrected chi connectivity index (χ0v) is 11.6. The number of nitrogens with zero attached hydrogens (tertiary/aromatic N) is 1. The summed E-state index contributed by atoms with van der Waals surface area (Å²) in [6, 6.07) is 13.1. The highest BCUT2D eigenvalue weighted by atomic mass is 16.5. The molecule has 0 atom stereocenters.